The smallest absolute Gasteiger partial charge is 0.259 e. The third-order valence-electron chi connectivity index (χ3n) is 4.94. The van der Waals surface area contributed by atoms with Crippen molar-refractivity contribution in [1.29, 1.82) is 0 Å². The quantitative estimate of drug-likeness (QED) is 0.448. The summed E-state index contributed by atoms with van der Waals surface area (Å²) in [4.78, 5) is 30.5. The number of aromatic nitrogens is 1. The van der Waals surface area contributed by atoms with E-state index in [9.17, 15) is 9.59 Å². The Morgan fingerprint density at radius 1 is 0.939 bits per heavy atom. The molecule has 0 aliphatic heterocycles. The number of carbonyl (C=O) groups excluding carboxylic acids is 2. The molecule has 166 valence electrons. The van der Waals surface area contributed by atoms with E-state index >= 15 is 0 Å². The van der Waals surface area contributed by atoms with Gasteiger partial charge in [0.05, 0.1) is 11.8 Å². The highest BCUT2D eigenvalue weighted by molar-refractivity contribution is 6.08. The van der Waals surface area contributed by atoms with Crippen molar-refractivity contribution in [2.45, 2.75) is 0 Å². The summed E-state index contributed by atoms with van der Waals surface area (Å²) in [6.07, 6.45) is 1.65. The highest BCUT2D eigenvalue weighted by Crippen LogP contribution is 2.28. The van der Waals surface area contributed by atoms with Crippen molar-refractivity contribution < 1.29 is 18.7 Å². The monoisotopic (exact) mass is 441 g/mol. The Morgan fingerprint density at radius 2 is 1.64 bits per heavy atom. The van der Waals surface area contributed by atoms with Gasteiger partial charge in [0.25, 0.3) is 11.8 Å². The first kappa shape index (κ1) is 21.8. The van der Waals surface area contributed by atoms with Gasteiger partial charge in [-0.05, 0) is 36.4 Å². The fourth-order valence-electron chi connectivity index (χ4n) is 3.11. The zero-order valence-corrected chi connectivity index (χ0v) is 18.3. The minimum Gasteiger partial charge on any atom is -0.484 e. The largest absolute Gasteiger partial charge is 0.484 e. The first-order chi connectivity index (χ1) is 16.0. The lowest BCUT2D eigenvalue weighted by Gasteiger charge is -2.12. The second-order valence-electron chi connectivity index (χ2n) is 7.50. The van der Waals surface area contributed by atoms with E-state index in [0.717, 1.165) is 5.56 Å². The summed E-state index contributed by atoms with van der Waals surface area (Å²) in [7, 11) is 3.34. The number of rotatable bonds is 7. The molecule has 0 spiro atoms. The molecule has 1 N–H and O–H groups in total. The predicted octanol–water partition coefficient (Wildman–Crippen LogP) is 4.73. The molecule has 1 aromatic heterocycles. The van der Waals surface area contributed by atoms with Crippen LogP contribution in [0.25, 0.3) is 22.8 Å². The maximum Gasteiger partial charge on any atom is 0.259 e. The Hall–Kier alpha value is -4.39. The number of hydrogen-bond donors (Lipinski definition) is 1. The van der Waals surface area contributed by atoms with E-state index in [1.807, 2.05) is 36.4 Å². The number of oxazole rings is 1. The number of carbonyl (C=O) groups is 2. The number of anilines is 1. The zero-order chi connectivity index (χ0) is 23.2. The molecule has 0 fully saturated rings. The maximum atomic E-state index is 13.0. The molecule has 7 heteroatoms. The van der Waals surface area contributed by atoms with E-state index < -0.39 is 0 Å². The summed E-state index contributed by atoms with van der Waals surface area (Å²) in [5, 5.41) is 2.88. The van der Waals surface area contributed by atoms with Crippen molar-refractivity contribution in [2.24, 2.45) is 0 Å². The second-order valence-corrected chi connectivity index (χ2v) is 7.50. The molecule has 3 aromatic carbocycles. The number of hydrogen-bond acceptors (Lipinski definition) is 5. The Balaban J connectivity index is 1.48. The van der Waals surface area contributed by atoms with Gasteiger partial charge in [-0.2, -0.15) is 0 Å². The Morgan fingerprint density at radius 3 is 2.36 bits per heavy atom. The van der Waals surface area contributed by atoms with Gasteiger partial charge in [0, 0.05) is 30.9 Å². The fourth-order valence-corrected chi connectivity index (χ4v) is 3.11. The standard InChI is InChI=1S/C26H23N3O4/c1-29(2)24(30)17-32-20-14-12-19(13-15-20)28-25(31)21-10-6-7-11-22(21)26-27-16-23(33-26)18-8-4-3-5-9-18/h3-16H,17H2,1-2H3,(H,28,31). The molecule has 0 atom stereocenters. The Kier molecular flexibility index (Phi) is 6.50. The number of nitrogens with one attached hydrogen (secondary N) is 1. The lowest BCUT2D eigenvalue weighted by atomic mass is 10.1. The van der Waals surface area contributed by atoms with Gasteiger partial charge in [-0.15, -0.1) is 0 Å². The summed E-state index contributed by atoms with van der Waals surface area (Å²) >= 11 is 0. The van der Waals surface area contributed by atoms with Crippen molar-refractivity contribution in [3.8, 4) is 28.5 Å². The van der Waals surface area contributed by atoms with E-state index in [4.69, 9.17) is 9.15 Å². The van der Waals surface area contributed by atoms with Crippen LogP contribution < -0.4 is 10.1 Å². The third-order valence-corrected chi connectivity index (χ3v) is 4.94. The van der Waals surface area contributed by atoms with Crippen LogP contribution in [-0.2, 0) is 4.79 Å². The molecular weight excluding hydrogens is 418 g/mol. The van der Waals surface area contributed by atoms with Crippen molar-refractivity contribution in [1.82, 2.24) is 9.88 Å². The normalized spacial score (nSPS) is 10.5. The molecule has 4 aromatic rings. The lowest BCUT2D eigenvalue weighted by Crippen LogP contribution is -2.27. The van der Waals surface area contributed by atoms with Gasteiger partial charge in [-0.25, -0.2) is 4.98 Å². The van der Waals surface area contributed by atoms with E-state index in [1.54, 1.807) is 62.8 Å². The van der Waals surface area contributed by atoms with Crippen LogP contribution in [0.3, 0.4) is 0 Å². The van der Waals surface area contributed by atoms with Crippen LogP contribution in [0.4, 0.5) is 5.69 Å². The molecule has 0 aliphatic carbocycles. The van der Waals surface area contributed by atoms with Crippen LogP contribution in [0.2, 0.25) is 0 Å². The minimum absolute atomic E-state index is 0.0484. The number of ether oxygens (including phenoxy) is 1. The average molecular weight is 441 g/mol. The van der Waals surface area contributed by atoms with Crippen molar-refractivity contribution in [3.63, 3.8) is 0 Å². The van der Waals surface area contributed by atoms with Gasteiger partial charge in [-0.1, -0.05) is 42.5 Å². The van der Waals surface area contributed by atoms with Crippen LogP contribution in [0.15, 0.2) is 89.5 Å². The van der Waals surface area contributed by atoms with E-state index in [1.165, 1.54) is 4.90 Å². The molecule has 0 unspecified atom stereocenters. The van der Waals surface area contributed by atoms with Gasteiger partial charge >= 0.3 is 0 Å². The molecule has 0 saturated heterocycles. The molecule has 33 heavy (non-hydrogen) atoms. The molecule has 0 radical (unpaired) electrons. The highest BCUT2D eigenvalue weighted by Gasteiger charge is 2.17. The summed E-state index contributed by atoms with van der Waals surface area (Å²) in [5.74, 6) is 1.11. The lowest BCUT2D eigenvalue weighted by molar-refractivity contribution is -0.130. The summed E-state index contributed by atoms with van der Waals surface area (Å²) in [6.45, 7) is -0.0484. The van der Waals surface area contributed by atoms with Crippen molar-refractivity contribution in [2.75, 3.05) is 26.0 Å². The molecule has 0 aliphatic rings. The number of nitrogens with zero attached hydrogens (tertiary/aromatic N) is 2. The summed E-state index contributed by atoms with van der Waals surface area (Å²) < 4.78 is 11.4. The number of benzene rings is 3. The van der Waals surface area contributed by atoms with Gasteiger partial charge in [0.2, 0.25) is 5.89 Å². The van der Waals surface area contributed by atoms with Crippen LogP contribution in [0, 0.1) is 0 Å². The molecule has 0 saturated carbocycles. The van der Waals surface area contributed by atoms with E-state index in [2.05, 4.69) is 10.3 Å². The molecule has 7 nitrogen and oxygen atoms in total. The predicted molar refractivity (Wildman–Crippen MR) is 126 cm³/mol. The van der Waals surface area contributed by atoms with Gasteiger partial charge in [0.15, 0.2) is 12.4 Å². The summed E-state index contributed by atoms with van der Waals surface area (Å²) in [6, 6.07) is 23.6. The minimum atomic E-state index is -0.290. The van der Waals surface area contributed by atoms with Crippen molar-refractivity contribution in [3.05, 3.63) is 90.6 Å². The zero-order valence-electron chi connectivity index (χ0n) is 18.3. The average Bonchev–Trinajstić information content (AvgIpc) is 3.34. The van der Waals surface area contributed by atoms with Gasteiger partial charge in [-0.3, -0.25) is 9.59 Å². The topological polar surface area (TPSA) is 84.7 Å². The third kappa shape index (κ3) is 5.27. The Bertz CT molecular complexity index is 1250. The van der Waals surface area contributed by atoms with E-state index in [0.29, 0.717) is 34.2 Å². The fraction of sp³-hybridized carbons (Fsp3) is 0.115. The van der Waals surface area contributed by atoms with Crippen LogP contribution in [-0.4, -0.2) is 42.4 Å². The first-order valence-electron chi connectivity index (χ1n) is 10.4. The molecule has 4 rings (SSSR count). The number of likely N-dealkylation sites (N-methyl/N-ethyl adjacent to an activating group) is 1. The van der Waals surface area contributed by atoms with Crippen LogP contribution >= 0.6 is 0 Å². The second kappa shape index (κ2) is 9.82. The summed E-state index contributed by atoms with van der Waals surface area (Å²) in [5.41, 5.74) is 2.54. The van der Waals surface area contributed by atoms with Gasteiger partial charge in [0.1, 0.15) is 5.75 Å². The molecule has 2 amide bonds. The maximum absolute atomic E-state index is 13.0. The highest BCUT2D eigenvalue weighted by atomic mass is 16.5. The first-order valence-corrected chi connectivity index (χ1v) is 10.4. The number of amides is 2. The van der Waals surface area contributed by atoms with Gasteiger partial charge < -0.3 is 19.4 Å². The van der Waals surface area contributed by atoms with E-state index in [-0.39, 0.29) is 18.4 Å². The molecule has 1 heterocycles. The SMILES string of the molecule is CN(C)C(=O)COc1ccc(NC(=O)c2ccccc2-c2ncc(-c3ccccc3)o2)cc1. The molecular formula is C26H23N3O4. The van der Waals surface area contributed by atoms with Crippen LogP contribution in [0.1, 0.15) is 10.4 Å². The Labute approximate surface area is 191 Å². The van der Waals surface area contributed by atoms with Crippen molar-refractivity contribution >= 4 is 17.5 Å². The van der Waals surface area contributed by atoms with Crippen LogP contribution in [0.5, 0.6) is 5.75 Å². The molecule has 0 bridgehead atoms.